The number of carbonyl (C=O) groups is 2. The van der Waals surface area contributed by atoms with Crippen LogP contribution in [0.4, 0.5) is 8.78 Å². The van der Waals surface area contributed by atoms with E-state index in [1.165, 1.54) is 19.1 Å². The largest absolute Gasteiger partial charge is 0.459 e. The fraction of sp³-hybridized carbons (Fsp3) is 0.235. The topological polar surface area (TPSA) is 123 Å². The van der Waals surface area contributed by atoms with Gasteiger partial charge in [-0.1, -0.05) is 6.07 Å². The molecule has 8 nitrogen and oxygen atoms in total. The number of hydrogen-bond acceptors (Lipinski definition) is 7. The maximum Gasteiger partial charge on any atom is 0.303 e. The Balaban J connectivity index is 2.02. The van der Waals surface area contributed by atoms with Crippen LogP contribution in [0, 0.1) is 11.6 Å². The summed E-state index contributed by atoms with van der Waals surface area (Å²) in [7, 11) is -4.34. The Morgan fingerprint density at radius 2 is 1.96 bits per heavy atom. The van der Waals surface area contributed by atoms with Gasteiger partial charge < -0.3 is 9.84 Å². The van der Waals surface area contributed by atoms with Crippen molar-refractivity contribution in [2.75, 3.05) is 5.75 Å². The van der Waals surface area contributed by atoms with Gasteiger partial charge in [-0.25, -0.2) is 21.9 Å². The molecule has 1 unspecified atom stereocenters. The third-order valence-electron chi connectivity index (χ3n) is 3.46. The van der Waals surface area contributed by atoms with Crippen molar-refractivity contribution in [1.82, 2.24) is 9.71 Å². The summed E-state index contributed by atoms with van der Waals surface area (Å²) in [5, 5.41) is 9.90. The van der Waals surface area contributed by atoms with Crippen molar-refractivity contribution in [1.29, 1.82) is 0 Å². The first-order valence-electron chi connectivity index (χ1n) is 7.83. The first kappa shape index (κ1) is 21.4. The molecule has 1 amide bonds. The average Bonchev–Trinajstić information content (AvgIpc) is 2.59. The number of carbonyl (C=O) groups excluding carboxylic acids is 2. The van der Waals surface area contributed by atoms with Gasteiger partial charge in [-0.05, 0) is 18.2 Å². The highest BCUT2D eigenvalue weighted by molar-refractivity contribution is 7.90. The van der Waals surface area contributed by atoms with Crippen molar-refractivity contribution >= 4 is 21.9 Å². The van der Waals surface area contributed by atoms with Crippen LogP contribution in [0.1, 0.15) is 34.6 Å². The van der Waals surface area contributed by atoms with Crippen molar-refractivity contribution in [2.45, 2.75) is 19.6 Å². The predicted molar refractivity (Wildman–Crippen MR) is 92.3 cm³/mol. The maximum atomic E-state index is 13.6. The SMILES string of the molecule is CC(=O)OCc1ccc(C(=O)NS(=O)(=O)CC(O)c2ccc(F)cc2F)cn1. The van der Waals surface area contributed by atoms with Crippen LogP contribution in [0.2, 0.25) is 0 Å². The van der Waals surface area contributed by atoms with Gasteiger partial charge in [0.1, 0.15) is 18.2 Å². The Morgan fingerprint density at radius 3 is 2.54 bits per heavy atom. The number of aromatic nitrogens is 1. The number of aliphatic hydroxyl groups is 1. The minimum atomic E-state index is -4.34. The zero-order valence-electron chi connectivity index (χ0n) is 14.6. The summed E-state index contributed by atoms with van der Waals surface area (Å²) in [6.45, 7) is 1.11. The molecule has 1 aromatic carbocycles. The van der Waals surface area contributed by atoms with Crippen LogP contribution in [-0.4, -0.2) is 36.1 Å². The van der Waals surface area contributed by atoms with E-state index in [-0.39, 0.29) is 12.2 Å². The number of hydrogen-bond donors (Lipinski definition) is 2. The number of sulfonamides is 1. The lowest BCUT2D eigenvalue weighted by Gasteiger charge is -2.13. The van der Waals surface area contributed by atoms with E-state index in [9.17, 15) is 31.9 Å². The third kappa shape index (κ3) is 6.06. The molecular weight excluding hydrogens is 398 g/mol. The van der Waals surface area contributed by atoms with Gasteiger partial charge in [-0.15, -0.1) is 0 Å². The molecule has 0 aliphatic rings. The fourth-order valence-corrected chi connectivity index (χ4v) is 3.21. The first-order chi connectivity index (χ1) is 13.1. The number of rotatable bonds is 7. The van der Waals surface area contributed by atoms with Crippen molar-refractivity contribution < 1.29 is 36.6 Å². The van der Waals surface area contributed by atoms with Crippen LogP contribution in [-0.2, 0) is 26.2 Å². The third-order valence-corrected chi connectivity index (χ3v) is 4.71. The van der Waals surface area contributed by atoms with E-state index >= 15 is 0 Å². The molecule has 0 radical (unpaired) electrons. The number of esters is 1. The first-order valence-corrected chi connectivity index (χ1v) is 9.49. The van der Waals surface area contributed by atoms with E-state index < -0.39 is 51.0 Å². The van der Waals surface area contributed by atoms with Gasteiger partial charge in [0.2, 0.25) is 10.0 Å². The Kier molecular flexibility index (Phi) is 6.75. The lowest BCUT2D eigenvalue weighted by molar-refractivity contribution is -0.142. The van der Waals surface area contributed by atoms with E-state index in [2.05, 4.69) is 4.98 Å². The Bertz CT molecular complexity index is 980. The van der Waals surface area contributed by atoms with E-state index in [1.807, 2.05) is 0 Å². The molecule has 1 aromatic heterocycles. The van der Waals surface area contributed by atoms with Crippen LogP contribution >= 0.6 is 0 Å². The number of nitrogens with zero attached hydrogens (tertiary/aromatic N) is 1. The Morgan fingerprint density at radius 1 is 1.25 bits per heavy atom. The van der Waals surface area contributed by atoms with Crippen molar-refractivity contribution in [3.63, 3.8) is 0 Å². The number of nitrogens with one attached hydrogen (secondary N) is 1. The van der Waals surface area contributed by atoms with Crippen LogP contribution < -0.4 is 4.72 Å². The molecule has 0 spiro atoms. The summed E-state index contributed by atoms with van der Waals surface area (Å²) in [6.07, 6.45) is -0.727. The highest BCUT2D eigenvalue weighted by Gasteiger charge is 2.24. The molecule has 1 heterocycles. The minimum absolute atomic E-state index is 0.0994. The smallest absolute Gasteiger partial charge is 0.303 e. The highest BCUT2D eigenvalue weighted by atomic mass is 32.2. The van der Waals surface area contributed by atoms with Gasteiger partial charge in [-0.2, -0.15) is 0 Å². The standard InChI is InChI=1S/C17H16F2N2O6S/c1-10(22)27-8-13-4-2-11(7-20-13)17(24)21-28(25,26)9-16(23)14-5-3-12(18)6-15(14)19/h2-7,16,23H,8-9H2,1H3,(H,21,24). The van der Waals surface area contributed by atoms with E-state index in [0.29, 0.717) is 11.8 Å². The van der Waals surface area contributed by atoms with Crippen molar-refractivity contribution in [3.8, 4) is 0 Å². The Labute approximate surface area is 159 Å². The average molecular weight is 414 g/mol. The number of pyridine rings is 1. The molecule has 0 fully saturated rings. The lowest BCUT2D eigenvalue weighted by Crippen LogP contribution is -2.34. The second kappa shape index (κ2) is 8.85. The zero-order valence-corrected chi connectivity index (χ0v) is 15.4. The molecule has 0 bridgehead atoms. The zero-order chi connectivity index (χ0) is 20.9. The minimum Gasteiger partial charge on any atom is -0.459 e. The van der Waals surface area contributed by atoms with Gasteiger partial charge in [0, 0.05) is 24.8 Å². The second-order valence-electron chi connectivity index (χ2n) is 5.71. The number of ether oxygens (including phenoxy) is 1. The molecule has 1 atom stereocenters. The van der Waals surface area contributed by atoms with Gasteiger partial charge in [0.05, 0.1) is 23.1 Å². The van der Waals surface area contributed by atoms with Crippen molar-refractivity contribution in [3.05, 3.63) is 65.0 Å². The summed E-state index contributed by atoms with van der Waals surface area (Å²) in [6, 6.07) is 4.93. The fourth-order valence-electron chi connectivity index (χ4n) is 2.13. The van der Waals surface area contributed by atoms with Crippen LogP contribution in [0.5, 0.6) is 0 Å². The summed E-state index contributed by atoms with van der Waals surface area (Å²) < 4.78 is 57.1. The molecule has 2 aromatic rings. The number of halogens is 2. The molecule has 2 rings (SSSR count). The highest BCUT2D eigenvalue weighted by Crippen LogP contribution is 2.19. The number of aliphatic hydroxyl groups excluding tert-OH is 1. The number of benzene rings is 1. The quantitative estimate of drug-likeness (QED) is 0.653. The summed E-state index contributed by atoms with van der Waals surface area (Å²) in [4.78, 5) is 26.6. The summed E-state index contributed by atoms with van der Waals surface area (Å²) >= 11 is 0. The summed E-state index contributed by atoms with van der Waals surface area (Å²) in [5.41, 5.74) is -0.176. The molecule has 0 saturated carbocycles. The van der Waals surface area contributed by atoms with Crippen LogP contribution in [0.3, 0.4) is 0 Å². The molecule has 2 N–H and O–H groups in total. The van der Waals surface area contributed by atoms with Gasteiger partial charge in [0.15, 0.2) is 0 Å². The number of amides is 1. The Hall–Kier alpha value is -2.92. The van der Waals surface area contributed by atoms with Crippen LogP contribution in [0.25, 0.3) is 0 Å². The summed E-state index contributed by atoms with van der Waals surface area (Å²) in [5.74, 6) is -4.53. The normalized spacial score (nSPS) is 12.3. The van der Waals surface area contributed by atoms with E-state index in [1.54, 1.807) is 4.72 Å². The maximum absolute atomic E-state index is 13.6. The molecule has 0 saturated heterocycles. The molecule has 28 heavy (non-hydrogen) atoms. The van der Waals surface area contributed by atoms with Crippen LogP contribution in [0.15, 0.2) is 36.5 Å². The second-order valence-corrected chi connectivity index (χ2v) is 7.48. The molecule has 11 heteroatoms. The van der Waals surface area contributed by atoms with E-state index in [0.717, 1.165) is 18.3 Å². The lowest BCUT2D eigenvalue weighted by atomic mass is 10.1. The van der Waals surface area contributed by atoms with E-state index in [4.69, 9.17) is 4.74 Å². The molecule has 150 valence electrons. The predicted octanol–water partition coefficient (Wildman–Crippen LogP) is 1.22. The molecule has 0 aliphatic heterocycles. The monoisotopic (exact) mass is 414 g/mol. The molecule has 0 aliphatic carbocycles. The van der Waals surface area contributed by atoms with Crippen molar-refractivity contribution in [2.24, 2.45) is 0 Å². The molecular formula is C17H16F2N2O6S. The van der Waals surface area contributed by atoms with Gasteiger partial charge in [-0.3, -0.25) is 14.6 Å². The van der Waals surface area contributed by atoms with Gasteiger partial charge >= 0.3 is 5.97 Å². The van der Waals surface area contributed by atoms with Gasteiger partial charge in [0.25, 0.3) is 5.91 Å².